The van der Waals surface area contributed by atoms with Gasteiger partial charge in [0.05, 0.1) is 29.0 Å². The number of nitrogens with zero attached hydrogens (tertiary/aromatic N) is 4. The van der Waals surface area contributed by atoms with E-state index in [9.17, 15) is 18.0 Å². The van der Waals surface area contributed by atoms with E-state index in [2.05, 4.69) is 20.3 Å². The number of amides is 1. The summed E-state index contributed by atoms with van der Waals surface area (Å²) in [5.41, 5.74) is -1.06. The highest BCUT2D eigenvalue weighted by molar-refractivity contribution is 5.88. The smallest absolute Gasteiger partial charge is 0.363 e. The number of likely N-dealkylation sites (tertiary alicyclic amines) is 1. The number of rotatable bonds is 4. The lowest BCUT2D eigenvalue weighted by Gasteiger charge is -2.35. The van der Waals surface area contributed by atoms with E-state index in [4.69, 9.17) is 0 Å². The average molecular weight is 475 g/mol. The van der Waals surface area contributed by atoms with Crippen molar-refractivity contribution in [1.82, 2.24) is 19.9 Å². The van der Waals surface area contributed by atoms with Crippen LogP contribution in [0.15, 0.2) is 36.8 Å². The molecule has 1 amide bonds. The summed E-state index contributed by atoms with van der Waals surface area (Å²) in [5, 5.41) is 3.69. The second-order valence-corrected chi connectivity index (χ2v) is 8.66. The number of hydrogen-bond acceptors (Lipinski definition) is 5. The van der Waals surface area contributed by atoms with Crippen molar-refractivity contribution in [2.24, 2.45) is 0 Å². The van der Waals surface area contributed by atoms with Gasteiger partial charge in [-0.15, -0.1) is 0 Å². The van der Waals surface area contributed by atoms with Gasteiger partial charge in [-0.3, -0.25) is 9.78 Å². The number of halogens is 4. The highest BCUT2D eigenvalue weighted by atomic mass is 19.4. The lowest BCUT2D eigenvalue weighted by Crippen LogP contribution is -2.42. The Hall–Kier alpha value is -3.30. The van der Waals surface area contributed by atoms with E-state index in [-0.39, 0.29) is 30.0 Å². The number of piperidine rings is 1. The molecule has 1 fully saturated rings. The normalized spacial score (nSPS) is 17.0. The zero-order chi connectivity index (χ0) is 24.7. The third-order valence-electron chi connectivity index (χ3n) is 6.48. The van der Waals surface area contributed by atoms with Crippen LogP contribution < -0.4 is 5.32 Å². The molecule has 10 heteroatoms. The average Bonchev–Trinajstić information content (AvgIpc) is 2.78. The molecule has 0 bridgehead atoms. The summed E-state index contributed by atoms with van der Waals surface area (Å²) in [6, 6.07) is 5.16. The predicted molar refractivity (Wildman–Crippen MR) is 120 cm³/mol. The summed E-state index contributed by atoms with van der Waals surface area (Å²) < 4.78 is 55.8. The van der Waals surface area contributed by atoms with Crippen LogP contribution in [0.4, 0.5) is 23.4 Å². The molecule has 0 radical (unpaired) electrons. The number of carbonyl (C=O) groups excluding carboxylic acids is 1. The monoisotopic (exact) mass is 475 g/mol. The van der Waals surface area contributed by atoms with Crippen molar-refractivity contribution in [2.75, 3.05) is 18.4 Å². The first kappa shape index (κ1) is 23.8. The minimum absolute atomic E-state index is 0.0905. The standard InChI is InChI=1S/C24H25F4N5O/c1-14-17(5-4-6-19(14)24(26,27)28)15(2)32-22-18-11-21(29-12-20(18)30-13-31-22)23(25)7-9-33(10-8-23)16(3)34/h4-6,11-13,15H,7-10H2,1-3H3,(H,30,31,32)/t15-/m1/s1. The van der Waals surface area contributed by atoms with Crippen LogP contribution in [0.1, 0.15) is 55.1 Å². The van der Waals surface area contributed by atoms with Crippen LogP contribution in [0.25, 0.3) is 10.9 Å². The molecule has 4 rings (SSSR count). The number of pyridine rings is 1. The quantitative estimate of drug-likeness (QED) is 0.517. The summed E-state index contributed by atoms with van der Waals surface area (Å²) in [4.78, 5) is 25.9. The van der Waals surface area contributed by atoms with Gasteiger partial charge in [0.15, 0.2) is 5.67 Å². The van der Waals surface area contributed by atoms with E-state index in [1.807, 2.05) is 0 Å². The first-order valence-electron chi connectivity index (χ1n) is 11.0. The van der Waals surface area contributed by atoms with Gasteiger partial charge >= 0.3 is 6.18 Å². The van der Waals surface area contributed by atoms with Crippen molar-refractivity contribution in [3.8, 4) is 0 Å². The van der Waals surface area contributed by atoms with Crippen LogP contribution >= 0.6 is 0 Å². The Balaban J connectivity index is 1.65. The SMILES string of the molecule is CC(=O)N1CCC(F)(c2cc3c(N[C@H](C)c4cccc(C(F)(F)F)c4C)ncnc3cn2)CC1. The highest BCUT2D eigenvalue weighted by Crippen LogP contribution is 2.38. The molecule has 0 unspecified atom stereocenters. The molecular formula is C24H25F4N5O. The fraction of sp³-hybridized carbons (Fsp3) is 0.417. The van der Waals surface area contributed by atoms with Gasteiger partial charge in [0.1, 0.15) is 12.1 Å². The van der Waals surface area contributed by atoms with Crippen molar-refractivity contribution in [2.45, 2.75) is 51.5 Å². The van der Waals surface area contributed by atoms with Gasteiger partial charge in [0.25, 0.3) is 0 Å². The van der Waals surface area contributed by atoms with Crippen LogP contribution in [0.3, 0.4) is 0 Å². The second kappa shape index (κ2) is 8.81. The Morgan fingerprint density at radius 3 is 2.53 bits per heavy atom. The van der Waals surface area contributed by atoms with Crippen LogP contribution in [0.5, 0.6) is 0 Å². The molecule has 1 aliphatic rings. The number of benzene rings is 1. The van der Waals surface area contributed by atoms with Crippen LogP contribution in [0.2, 0.25) is 0 Å². The number of nitrogens with one attached hydrogen (secondary N) is 1. The molecule has 1 N–H and O–H groups in total. The number of carbonyl (C=O) groups is 1. The maximum absolute atomic E-state index is 15.8. The molecule has 3 aromatic rings. The molecule has 1 aromatic carbocycles. The second-order valence-electron chi connectivity index (χ2n) is 8.66. The molecule has 1 atom stereocenters. The van der Waals surface area contributed by atoms with Gasteiger partial charge in [0.2, 0.25) is 5.91 Å². The van der Waals surface area contributed by atoms with Gasteiger partial charge in [-0.05, 0) is 37.1 Å². The molecule has 3 heterocycles. The van der Waals surface area contributed by atoms with Gasteiger partial charge in [-0.25, -0.2) is 14.4 Å². The van der Waals surface area contributed by atoms with Gasteiger partial charge in [-0.2, -0.15) is 13.2 Å². The van der Waals surface area contributed by atoms with E-state index in [1.165, 1.54) is 32.4 Å². The Bertz CT molecular complexity index is 1220. The summed E-state index contributed by atoms with van der Waals surface area (Å²) in [6.07, 6.45) is -1.40. The first-order chi connectivity index (χ1) is 16.0. The Morgan fingerprint density at radius 2 is 1.88 bits per heavy atom. The van der Waals surface area contributed by atoms with Crippen molar-refractivity contribution in [1.29, 1.82) is 0 Å². The number of fused-ring (bicyclic) bond motifs is 1. The van der Waals surface area contributed by atoms with Gasteiger partial charge < -0.3 is 10.2 Å². The third kappa shape index (κ3) is 4.53. The number of anilines is 1. The number of aromatic nitrogens is 3. The Morgan fingerprint density at radius 1 is 1.18 bits per heavy atom. The van der Waals surface area contributed by atoms with Crippen LogP contribution in [0, 0.1) is 6.92 Å². The lowest BCUT2D eigenvalue weighted by molar-refractivity contribution is -0.138. The van der Waals surface area contributed by atoms with Crippen LogP contribution in [-0.4, -0.2) is 38.8 Å². The largest absolute Gasteiger partial charge is 0.416 e. The molecule has 34 heavy (non-hydrogen) atoms. The van der Waals surface area contributed by atoms with Gasteiger partial charge in [0, 0.05) is 38.2 Å². The van der Waals surface area contributed by atoms with E-state index in [0.29, 0.717) is 35.4 Å². The molecule has 1 saturated heterocycles. The number of alkyl halides is 4. The topological polar surface area (TPSA) is 71.0 Å². The maximum Gasteiger partial charge on any atom is 0.416 e. The van der Waals surface area contributed by atoms with E-state index >= 15 is 4.39 Å². The zero-order valence-electron chi connectivity index (χ0n) is 19.1. The Labute approximate surface area is 194 Å². The molecule has 0 saturated carbocycles. The molecule has 6 nitrogen and oxygen atoms in total. The summed E-state index contributed by atoms with van der Waals surface area (Å²) in [7, 11) is 0. The van der Waals surface area contributed by atoms with Crippen molar-refractivity contribution < 1.29 is 22.4 Å². The number of hydrogen-bond donors (Lipinski definition) is 1. The highest BCUT2D eigenvalue weighted by Gasteiger charge is 2.38. The Kier molecular flexibility index (Phi) is 6.18. The zero-order valence-corrected chi connectivity index (χ0v) is 19.1. The minimum atomic E-state index is -4.45. The van der Waals surface area contributed by atoms with Crippen molar-refractivity contribution in [3.05, 3.63) is 59.2 Å². The fourth-order valence-electron chi connectivity index (χ4n) is 4.46. The molecule has 0 spiro atoms. The minimum Gasteiger partial charge on any atom is -0.363 e. The molecule has 2 aromatic heterocycles. The fourth-order valence-corrected chi connectivity index (χ4v) is 4.46. The summed E-state index contributed by atoms with van der Waals surface area (Å²) in [6.45, 7) is 5.24. The van der Waals surface area contributed by atoms with Crippen molar-refractivity contribution >= 4 is 22.6 Å². The van der Waals surface area contributed by atoms with E-state index < -0.39 is 23.5 Å². The molecular weight excluding hydrogens is 450 g/mol. The van der Waals surface area contributed by atoms with Gasteiger partial charge in [-0.1, -0.05) is 12.1 Å². The maximum atomic E-state index is 15.8. The first-order valence-corrected chi connectivity index (χ1v) is 11.0. The third-order valence-corrected chi connectivity index (χ3v) is 6.48. The molecule has 0 aliphatic carbocycles. The molecule has 180 valence electrons. The predicted octanol–water partition coefficient (Wildman–Crippen LogP) is 5.33. The van der Waals surface area contributed by atoms with Crippen molar-refractivity contribution in [3.63, 3.8) is 0 Å². The van der Waals surface area contributed by atoms with Crippen LogP contribution in [-0.2, 0) is 16.6 Å². The van der Waals surface area contributed by atoms with E-state index in [0.717, 1.165) is 6.07 Å². The lowest BCUT2D eigenvalue weighted by atomic mass is 9.89. The summed E-state index contributed by atoms with van der Waals surface area (Å²) in [5.74, 6) is 0.287. The molecule has 1 aliphatic heterocycles. The summed E-state index contributed by atoms with van der Waals surface area (Å²) >= 11 is 0. The van der Waals surface area contributed by atoms with E-state index in [1.54, 1.807) is 24.0 Å².